The van der Waals surface area contributed by atoms with Gasteiger partial charge in [0.15, 0.2) is 17.5 Å². The van der Waals surface area contributed by atoms with E-state index in [1.165, 1.54) is 6.42 Å². The van der Waals surface area contributed by atoms with E-state index in [0.29, 0.717) is 18.6 Å². The van der Waals surface area contributed by atoms with Crippen LogP contribution in [0.1, 0.15) is 19.8 Å². The van der Waals surface area contributed by atoms with Gasteiger partial charge < -0.3 is 29.2 Å². The van der Waals surface area contributed by atoms with E-state index < -0.39 is 0 Å². The van der Waals surface area contributed by atoms with Crippen LogP contribution in [-0.2, 0) is 4.74 Å². The molecule has 1 N–H and O–H groups in total. The highest BCUT2D eigenvalue weighted by Crippen LogP contribution is 2.38. The molecule has 0 radical (unpaired) electrons. The average Bonchev–Trinajstić information content (AvgIpc) is 3.39. The number of ether oxygens (including phenoxy) is 4. The van der Waals surface area contributed by atoms with Gasteiger partial charge in [0.05, 0.1) is 13.2 Å². The SMILES string of the molecule is CCNC(=NCCOc1ccc2c(c1)OCO2)N1CCC2(CCOC2)C1. The van der Waals surface area contributed by atoms with E-state index in [9.17, 15) is 0 Å². The first kappa shape index (κ1) is 17.3. The smallest absolute Gasteiger partial charge is 0.231 e. The summed E-state index contributed by atoms with van der Waals surface area (Å²) >= 11 is 0. The maximum Gasteiger partial charge on any atom is 0.231 e. The van der Waals surface area contributed by atoms with Crippen LogP contribution in [0.4, 0.5) is 0 Å². The summed E-state index contributed by atoms with van der Waals surface area (Å²) in [6, 6.07) is 5.63. The predicted molar refractivity (Wildman–Crippen MR) is 98.1 cm³/mol. The molecular weight excluding hydrogens is 334 g/mol. The van der Waals surface area contributed by atoms with Crippen LogP contribution < -0.4 is 19.5 Å². The van der Waals surface area contributed by atoms with Crippen molar-refractivity contribution >= 4 is 5.96 Å². The van der Waals surface area contributed by atoms with Crippen LogP contribution in [0.3, 0.4) is 0 Å². The Labute approximate surface area is 154 Å². The lowest BCUT2D eigenvalue weighted by molar-refractivity contribution is 0.156. The number of benzene rings is 1. The summed E-state index contributed by atoms with van der Waals surface area (Å²) in [5.74, 6) is 3.26. The monoisotopic (exact) mass is 361 g/mol. The molecule has 7 heteroatoms. The average molecular weight is 361 g/mol. The first-order valence-corrected chi connectivity index (χ1v) is 9.41. The van der Waals surface area contributed by atoms with Gasteiger partial charge in [0.2, 0.25) is 6.79 Å². The number of hydrogen-bond acceptors (Lipinski definition) is 5. The fourth-order valence-electron chi connectivity index (χ4n) is 3.79. The van der Waals surface area contributed by atoms with Crippen molar-refractivity contribution < 1.29 is 18.9 Å². The Balaban J connectivity index is 1.30. The van der Waals surface area contributed by atoms with Crippen LogP contribution in [0.5, 0.6) is 17.2 Å². The van der Waals surface area contributed by atoms with Crippen molar-refractivity contribution in [2.75, 3.05) is 52.8 Å². The molecular formula is C19H27N3O4. The minimum Gasteiger partial charge on any atom is -0.492 e. The zero-order valence-electron chi connectivity index (χ0n) is 15.3. The molecule has 0 saturated carbocycles. The topological polar surface area (TPSA) is 64.6 Å². The fraction of sp³-hybridized carbons (Fsp3) is 0.632. The predicted octanol–water partition coefficient (Wildman–Crippen LogP) is 1.87. The number of hydrogen-bond donors (Lipinski definition) is 1. The normalized spacial score (nSPS) is 24.5. The second-order valence-corrected chi connectivity index (χ2v) is 7.07. The Kier molecular flexibility index (Phi) is 5.06. The van der Waals surface area contributed by atoms with Gasteiger partial charge in [-0.05, 0) is 31.9 Å². The minimum atomic E-state index is 0.275. The third kappa shape index (κ3) is 3.67. The highest BCUT2D eigenvalue weighted by atomic mass is 16.7. The van der Waals surface area contributed by atoms with E-state index in [4.69, 9.17) is 23.9 Å². The summed E-state index contributed by atoms with van der Waals surface area (Å²) in [5, 5.41) is 3.41. The molecule has 142 valence electrons. The molecule has 7 nitrogen and oxygen atoms in total. The summed E-state index contributed by atoms with van der Waals surface area (Å²) in [6.07, 6.45) is 2.35. The highest BCUT2D eigenvalue weighted by Gasteiger charge is 2.42. The molecule has 0 bridgehead atoms. The minimum absolute atomic E-state index is 0.275. The molecule has 1 aromatic rings. The van der Waals surface area contributed by atoms with Crippen molar-refractivity contribution in [3.05, 3.63) is 18.2 Å². The van der Waals surface area contributed by atoms with Crippen LogP contribution in [0.15, 0.2) is 23.2 Å². The fourth-order valence-corrected chi connectivity index (χ4v) is 3.79. The van der Waals surface area contributed by atoms with Crippen LogP contribution in [0.2, 0.25) is 0 Å². The lowest BCUT2D eigenvalue weighted by atomic mass is 9.87. The Morgan fingerprint density at radius 2 is 2.23 bits per heavy atom. The Bertz CT molecular complexity index is 658. The molecule has 1 atom stereocenters. The van der Waals surface area contributed by atoms with Crippen molar-refractivity contribution in [2.24, 2.45) is 10.4 Å². The number of rotatable bonds is 5. The largest absolute Gasteiger partial charge is 0.492 e. The molecule has 0 aliphatic carbocycles. The molecule has 3 aliphatic heterocycles. The summed E-state index contributed by atoms with van der Waals surface area (Å²) in [6.45, 7) is 8.22. The van der Waals surface area contributed by atoms with E-state index in [0.717, 1.165) is 62.5 Å². The zero-order valence-corrected chi connectivity index (χ0v) is 15.3. The van der Waals surface area contributed by atoms with Crippen LogP contribution in [0.25, 0.3) is 0 Å². The number of fused-ring (bicyclic) bond motifs is 1. The van der Waals surface area contributed by atoms with Gasteiger partial charge in [-0.3, -0.25) is 0 Å². The molecule has 3 aliphatic rings. The standard InChI is InChI=1S/C19H27N3O4/c1-2-20-18(22-8-5-19(12-22)6-9-23-13-19)21-7-10-24-15-3-4-16-17(11-15)26-14-25-16/h3-4,11H,2,5-10,12-14H2,1H3,(H,20,21). The van der Waals surface area contributed by atoms with Crippen molar-refractivity contribution in [1.29, 1.82) is 0 Å². The van der Waals surface area contributed by atoms with Crippen molar-refractivity contribution in [3.8, 4) is 17.2 Å². The summed E-state index contributed by atoms with van der Waals surface area (Å²) in [4.78, 5) is 7.11. The molecule has 3 heterocycles. The van der Waals surface area contributed by atoms with Gasteiger partial charge in [-0.15, -0.1) is 0 Å². The molecule has 2 saturated heterocycles. The van der Waals surface area contributed by atoms with Crippen molar-refractivity contribution in [3.63, 3.8) is 0 Å². The van der Waals surface area contributed by atoms with Gasteiger partial charge in [0.1, 0.15) is 12.4 Å². The van der Waals surface area contributed by atoms with E-state index in [1.54, 1.807) is 0 Å². The van der Waals surface area contributed by atoms with Gasteiger partial charge in [0, 0.05) is 37.7 Å². The molecule has 1 spiro atoms. The summed E-state index contributed by atoms with van der Waals surface area (Å²) < 4.78 is 22.1. The van der Waals surface area contributed by atoms with E-state index in [-0.39, 0.29) is 6.79 Å². The lowest BCUT2D eigenvalue weighted by Gasteiger charge is -2.25. The van der Waals surface area contributed by atoms with E-state index in [2.05, 4.69) is 17.1 Å². The Hall–Kier alpha value is -2.15. The molecule has 2 fully saturated rings. The third-order valence-corrected chi connectivity index (χ3v) is 5.22. The molecule has 1 aromatic carbocycles. The maximum atomic E-state index is 5.81. The van der Waals surface area contributed by atoms with Crippen molar-refractivity contribution in [1.82, 2.24) is 10.2 Å². The number of aliphatic imine (C=N–C) groups is 1. The van der Waals surface area contributed by atoms with Gasteiger partial charge >= 0.3 is 0 Å². The number of nitrogens with zero attached hydrogens (tertiary/aromatic N) is 2. The number of guanidine groups is 1. The van der Waals surface area contributed by atoms with Crippen molar-refractivity contribution in [2.45, 2.75) is 19.8 Å². The third-order valence-electron chi connectivity index (χ3n) is 5.22. The lowest BCUT2D eigenvalue weighted by Crippen LogP contribution is -2.41. The van der Waals surface area contributed by atoms with Gasteiger partial charge in [0.25, 0.3) is 0 Å². The molecule has 0 aromatic heterocycles. The second-order valence-electron chi connectivity index (χ2n) is 7.07. The van der Waals surface area contributed by atoms with Crippen LogP contribution in [0, 0.1) is 5.41 Å². The first-order chi connectivity index (χ1) is 12.8. The highest BCUT2D eigenvalue weighted by molar-refractivity contribution is 5.80. The number of nitrogens with one attached hydrogen (secondary N) is 1. The Morgan fingerprint density at radius 1 is 1.31 bits per heavy atom. The van der Waals surface area contributed by atoms with E-state index >= 15 is 0 Å². The Morgan fingerprint density at radius 3 is 3.08 bits per heavy atom. The van der Waals surface area contributed by atoms with Gasteiger partial charge in [-0.2, -0.15) is 0 Å². The number of likely N-dealkylation sites (tertiary alicyclic amines) is 1. The van der Waals surface area contributed by atoms with Gasteiger partial charge in [-0.1, -0.05) is 0 Å². The quantitative estimate of drug-likeness (QED) is 0.491. The summed E-state index contributed by atoms with van der Waals surface area (Å²) in [7, 11) is 0. The maximum absolute atomic E-state index is 5.81. The summed E-state index contributed by atoms with van der Waals surface area (Å²) in [5.41, 5.74) is 0.333. The first-order valence-electron chi connectivity index (χ1n) is 9.41. The molecule has 4 rings (SSSR count). The zero-order chi connectivity index (χ0) is 17.8. The second kappa shape index (κ2) is 7.61. The molecule has 1 unspecified atom stereocenters. The molecule has 0 amide bonds. The van der Waals surface area contributed by atoms with Crippen LogP contribution >= 0.6 is 0 Å². The van der Waals surface area contributed by atoms with E-state index in [1.807, 2.05) is 18.2 Å². The van der Waals surface area contributed by atoms with Crippen LogP contribution in [-0.4, -0.2) is 63.7 Å². The molecule has 26 heavy (non-hydrogen) atoms. The van der Waals surface area contributed by atoms with Gasteiger partial charge in [-0.25, -0.2) is 4.99 Å².